The predicted octanol–water partition coefficient (Wildman–Crippen LogP) is 8.54. The summed E-state index contributed by atoms with van der Waals surface area (Å²) < 4.78 is 5.36. The lowest BCUT2D eigenvalue weighted by Gasteiger charge is -2.05. The van der Waals surface area contributed by atoms with Crippen LogP contribution in [0.15, 0.2) is 12.2 Å². The van der Waals surface area contributed by atoms with Gasteiger partial charge in [-0.05, 0) is 44.4 Å². The Morgan fingerprint density at radius 2 is 1.32 bits per heavy atom. The molecule has 164 valence electrons. The van der Waals surface area contributed by atoms with Gasteiger partial charge in [0.05, 0.1) is 6.61 Å². The van der Waals surface area contributed by atoms with E-state index < -0.39 is 0 Å². The number of allylic oxidation sites excluding steroid dienone is 2. The number of ether oxygens (including phenoxy) is 1. The third-order valence-corrected chi connectivity index (χ3v) is 5.86. The number of hydrogen-bond acceptors (Lipinski definition) is 2. The molecule has 0 aromatic carbocycles. The third-order valence-electron chi connectivity index (χ3n) is 5.86. The summed E-state index contributed by atoms with van der Waals surface area (Å²) in [5.74, 6) is 1.07. The monoisotopic (exact) mass is 392 g/mol. The van der Waals surface area contributed by atoms with E-state index >= 15 is 0 Å². The van der Waals surface area contributed by atoms with Crippen LogP contribution in [0, 0.1) is 5.92 Å². The molecule has 1 aliphatic rings. The zero-order chi connectivity index (χ0) is 20.1. The molecular weight excluding hydrogens is 344 g/mol. The molecule has 1 rings (SSSR count). The van der Waals surface area contributed by atoms with Crippen molar-refractivity contribution in [1.29, 1.82) is 0 Å². The minimum Gasteiger partial charge on any atom is -0.466 e. The van der Waals surface area contributed by atoms with Gasteiger partial charge in [0.15, 0.2) is 0 Å². The van der Waals surface area contributed by atoms with E-state index in [4.69, 9.17) is 4.74 Å². The summed E-state index contributed by atoms with van der Waals surface area (Å²) >= 11 is 0. The fourth-order valence-electron chi connectivity index (χ4n) is 3.72. The number of carbonyl (C=O) groups excluding carboxylic acids is 1. The lowest BCUT2D eigenvalue weighted by atomic mass is 10.1. The van der Waals surface area contributed by atoms with Crippen molar-refractivity contribution in [2.75, 3.05) is 6.61 Å². The van der Waals surface area contributed by atoms with Crippen molar-refractivity contribution < 1.29 is 9.53 Å². The van der Waals surface area contributed by atoms with Crippen LogP contribution in [0.4, 0.5) is 0 Å². The van der Waals surface area contributed by atoms with Gasteiger partial charge in [-0.3, -0.25) is 4.79 Å². The molecule has 0 amide bonds. The molecule has 0 aliphatic heterocycles. The predicted molar refractivity (Wildman–Crippen MR) is 122 cm³/mol. The maximum absolute atomic E-state index is 11.7. The summed E-state index contributed by atoms with van der Waals surface area (Å²) in [5, 5.41) is 0. The van der Waals surface area contributed by atoms with E-state index in [1.165, 1.54) is 109 Å². The van der Waals surface area contributed by atoms with Gasteiger partial charge in [0.2, 0.25) is 0 Å². The molecule has 0 bridgehead atoms. The molecule has 0 N–H and O–H groups in total. The molecule has 2 heteroatoms. The molecule has 1 saturated carbocycles. The molecular formula is C26H48O2. The van der Waals surface area contributed by atoms with Crippen molar-refractivity contribution >= 4 is 5.97 Å². The van der Waals surface area contributed by atoms with Crippen molar-refractivity contribution in [3.8, 4) is 0 Å². The number of unbranched alkanes of at least 4 members (excludes halogenated alkanes) is 13. The normalized spacial score (nSPS) is 14.0. The standard InChI is InChI=1S/C26H48O2/c1-2-3-4-5-6-7-8-9-10-11-12-13-16-19-24-28-26(27)21-18-15-14-17-20-25-22-23-25/h7-8,25H,2-6,9-24H2,1H3. The Balaban J connectivity index is 1.70. The SMILES string of the molecule is CCCCCCC=CCCCCCCCCOC(=O)CCCCCCC1CC1. The van der Waals surface area contributed by atoms with Crippen LogP contribution in [0.3, 0.4) is 0 Å². The summed E-state index contributed by atoms with van der Waals surface area (Å²) in [6.45, 7) is 2.89. The zero-order valence-electron chi connectivity index (χ0n) is 18.9. The molecule has 1 fully saturated rings. The van der Waals surface area contributed by atoms with E-state index in [-0.39, 0.29) is 5.97 Å². The molecule has 1 aliphatic carbocycles. The average molecular weight is 393 g/mol. The Kier molecular flexibility index (Phi) is 17.6. The molecule has 0 spiro atoms. The molecule has 0 atom stereocenters. The van der Waals surface area contributed by atoms with Crippen molar-refractivity contribution in [1.82, 2.24) is 0 Å². The van der Waals surface area contributed by atoms with E-state index in [2.05, 4.69) is 19.1 Å². The number of carbonyl (C=O) groups is 1. The maximum Gasteiger partial charge on any atom is 0.305 e. The average Bonchev–Trinajstić information content (AvgIpc) is 3.52. The first-order valence-corrected chi connectivity index (χ1v) is 12.6. The highest BCUT2D eigenvalue weighted by molar-refractivity contribution is 5.69. The fourth-order valence-corrected chi connectivity index (χ4v) is 3.72. The van der Waals surface area contributed by atoms with Gasteiger partial charge in [0, 0.05) is 6.42 Å². The summed E-state index contributed by atoms with van der Waals surface area (Å²) in [6, 6.07) is 0. The molecule has 2 nitrogen and oxygen atoms in total. The molecule has 0 radical (unpaired) electrons. The number of rotatable bonds is 21. The van der Waals surface area contributed by atoms with E-state index in [1.54, 1.807) is 0 Å². The Hall–Kier alpha value is -0.790. The van der Waals surface area contributed by atoms with Crippen molar-refractivity contribution in [3.05, 3.63) is 12.2 Å². The third kappa shape index (κ3) is 18.6. The lowest BCUT2D eigenvalue weighted by molar-refractivity contribution is -0.143. The van der Waals surface area contributed by atoms with Crippen LogP contribution in [0.1, 0.15) is 135 Å². The van der Waals surface area contributed by atoms with Crippen LogP contribution in [-0.4, -0.2) is 12.6 Å². The van der Waals surface area contributed by atoms with Crippen LogP contribution >= 0.6 is 0 Å². The smallest absolute Gasteiger partial charge is 0.305 e. The van der Waals surface area contributed by atoms with Gasteiger partial charge in [-0.25, -0.2) is 0 Å². The van der Waals surface area contributed by atoms with Gasteiger partial charge in [-0.15, -0.1) is 0 Å². The van der Waals surface area contributed by atoms with E-state index in [0.717, 1.165) is 18.8 Å². The van der Waals surface area contributed by atoms with E-state index in [0.29, 0.717) is 13.0 Å². The van der Waals surface area contributed by atoms with Crippen LogP contribution in [0.2, 0.25) is 0 Å². The second-order valence-electron chi connectivity index (χ2n) is 8.85. The van der Waals surface area contributed by atoms with E-state index in [1.807, 2.05) is 0 Å². The Morgan fingerprint density at radius 1 is 0.750 bits per heavy atom. The summed E-state index contributed by atoms with van der Waals surface area (Å²) in [5.41, 5.74) is 0. The summed E-state index contributed by atoms with van der Waals surface area (Å²) in [6.07, 6.45) is 30.0. The summed E-state index contributed by atoms with van der Waals surface area (Å²) in [7, 11) is 0. The Labute approximate surface area is 175 Å². The lowest BCUT2D eigenvalue weighted by Crippen LogP contribution is -2.05. The van der Waals surface area contributed by atoms with Crippen molar-refractivity contribution in [3.63, 3.8) is 0 Å². The van der Waals surface area contributed by atoms with Crippen molar-refractivity contribution in [2.24, 2.45) is 5.92 Å². The minimum atomic E-state index is 0.0173. The molecule has 0 aromatic rings. The maximum atomic E-state index is 11.7. The van der Waals surface area contributed by atoms with Gasteiger partial charge < -0.3 is 4.74 Å². The van der Waals surface area contributed by atoms with Gasteiger partial charge in [0.1, 0.15) is 0 Å². The molecule has 28 heavy (non-hydrogen) atoms. The molecule has 0 saturated heterocycles. The van der Waals surface area contributed by atoms with Gasteiger partial charge in [-0.1, -0.05) is 103 Å². The van der Waals surface area contributed by atoms with Gasteiger partial charge >= 0.3 is 5.97 Å². The Bertz CT molecular complexity index is 371. The number of esters is 1. The second kappa shape index (κ2) is 19.5. The largest absolute Gasteiger partial charge is 0.466 e. The van der Waals surface area contributed by atoms with Gasteiger partial charge in [0.25, 0.3) is 0 Å². The Morgan fingerprint density at radius 3 is 2.00 bits per heavy atom. The topological polar surface area (TPSA) is 26.3 Å². The highest BCUT2D eigenvalue weighted by atomic mass is 16.5. The zero-order valence-corrected chi connectivity index (χ0v) is 18.9. The van der Waals surface area contributed by atoms with E-state index in [9.17, 15) is 4.79 Å². The summed E-state index contributed by atoms with van der Waals surface area (Å²) in [4.78, 5) is 11.7. The van der Waals surface area contributed by atoms with Crippen LogP contribution in [-0.2, 0) is 9.53 Å². The highest BCUT2D eigenvalue weighted by Gasteiger charge is 2.19. The van der Waals surface area contributed by atoms with Crippen LogP contribution < -0.4 is 0 Å². The van der Waals surface area contributed by atoms with Crippen LogP contribution in [0.5, 0.6) is 0 Å². The first kappa shape index (κ1) is 25.2. The highest BCUT2D eigenvalue weighted by Crippen LogP contribution is 2.34. The second-order valence-corrected chi connectivity index (χ2v) is 8.85. The minimum absolute atomic E-state index is 0.0173. The number of hydrogen-bond donors (Lipinski definition) is 0. The molecule has 0 aromatic heterocycles. The first-order chi connectivity index (χ1) is 13.8. The molecule has 0 heterocycles. The van der Waals surface area contributed by atoms with Crippen LogP contribution in [0.25, 0.3) is 0 Å². The van der Waals surface area contributed by atoms with Gasteiger partial charge in [-0.2, -0.15) is 0 Å². The van der Waals surface area contributed by atoms with Crippen molar-refractivity contribution in [2.45, 2.75) is 135 Å². The first-order valence-electron chi connectivity index (χ1n) is 12.6. The fraction of sp³-hybridized carbons (Fsp3) is 0.885. The quantitative estimate of drug-likeness (QED) is 0.111. The molecule has 0 unspecified atom stereocenters.